The SMILES string of the molecule is COc1cc(CCC(=O)NCCC2CCCNC2)cc(OC)c1OC. The molecule has 6 heteroatoms. The molecule has 2 N–H and O–H groups in total. The molecule has 0 saturated carbocycles. The zero-order valence-corrected chi connectivity index (χ0v) is 15.5. The van der Waals surface area contributed by atoms with Gasteiger partial charge >= 0.3 is 0 Å². The first kappa shape index (κ1) is 19.4. The fourth-order valence-electron chi connectivity index (χ4n) is 3.21. The van der Waals surface area contributed by atoms with Crippen molar-refractivity contribution in [1.29, 1.82) is 0 Å². The van der Waals surface area contributed by atoms with Crippen LogP contribution in [0.2, 0.25) is 0 Å². The Morgan fingerprint density at radius 2 is 1.92 bits per heavy atom. The Kier molecular flexibility index (Phi) is 7.85. The second-order valence-corrected chi connectivity index (χ2v) is 6.38. The molecule has 1 saturated heterocycles. The van der Waals surface area contributed by atoms with E-state index in [1.807, 2.05) is 12.1 Å². The minimum Gasteiger partial charge on any atom is -0.493 e. The number of hydrogen-bond acceptors (Lipinski definition) is 5. The number of hydrogen-bond donors (Lipinski definition) is 2. The molecule has 0 aromatic heterocycles. The van der Waals surface area contributed by atoms with Crippen molar-refractivity contribution < 1.29 is 19.0 Å². The van der Waals surface area contributed by atoms with E-state index < -0.39 is 0 Å². The first-order valence-corrected chi connectivity index (χ1v) is 8.94. The number of carbonyl (C=O) groups excluding carboxylic acids is 1. The highest BCUT2D eigenvalue weighted by Gasteiger charge is 2.15. The molecule has 1 aromatic carbocycles. The molecular formula is C19H30N2O4. The van der Waals surface area contributed by atoms with Crippen molar-refractivity contribution >= 4 is 5.91 Å². The molecule has 6 nitrogen and oxygen atoms in total. The molecule has 25 heavy (non-hydrogen) atoms. The Morgan fingerprint density at radius 1 is 1.20 bits per heavy atom. The Labute approximate surface area is 150 Å². The molecule has 0 spiro atoms. The molecule has 0 aliphatic carbocycles. The molecule has 140 valence electrons. The van der Waals surface area contributed by atoms with Crippen molar-refractivity contribution in [2.24, 2.45) is 5.92 Å². The number of piperidine rings is 1. The predicted molar refractivity (Wildman–Crippen MR) is 97.6 cm³/mol. The summed E-state index contributed by atoms with van der Waals surface area (Å²) >= 11 is 0. The van der Waals surface area contributed by atoms with E-state index >= 15 is 0 Å². The van der Waals surface area contributed by atoms with Gasteiger partial charge in [-0.2, -0.15) is 0 Å². The average molecular weight is 350 g/mol. The van der Waals surface area contributed by atoms with Crippen LogP contribution in [0.1, 0.15) is 31.2 Å². The zero-order chi connectivity index (χ0) is 18.1. The Hall–Kier alpha value is -1.95. The Balaban J connectivity index is 1.80. The minimum atomic E-state index is 0.0810. The van der Waals surface area contributed by atoms with Gasteiger partial charge in [-0.05, 0) is 62.4 Å². The van der Waals surface area contributed by atoms with Gasteiger partial charge < -0.3 is 24.8 Å². The number of aryl methyl sites for hydroxylation is 1. The van der Waals surface area contributed by atoms with Crippen molar-refractivity contribution in [2.45, 2.75) is 32.1 Å². The van der Waals surface area contributed by atoms with Gasteiger partial charge in [-0.15, -0.1) is 0 Å². The van der Waals surface area contributed by atoms with E-state index in [1.54, 1.807) is 21.3 Å². The smallest absolute Gasteiger partial charge is 0.220 e. The van der Waals surface area contributed by atoms with Crippen LogP contribution in [0.15, 0.2) is 12.1 Å². The molecule has 0 bridgehead atoms. The van der Waals surface area contributed by atoms with Gasteiger partial charge in [0, 0.05) is 13.0 Å². The molecule has 1 aliphatic heterocycles. The maximum absolute atomic E-state index is 12.1. The highest BCUT2D eigenvalue weighted by molar-refractivity contribution is 5.76. The number of ether oxygens (including phenoxy) is 3. The van der Waals surface area contributed by atoms with E-state index in [4.69, 9.17) is 14.2 Å². The number of amides is 1. The summed E-state index contributed by atoms with van der Waals surface area (Å²) in [5, 5.41) is 6.43. The van der Waals surface area contributed by atoms with Crippen molar-refractivity contribution in [3.8, 4) is 17.2 Å². The lowest BCUT2D eigenvalue weighted by molar-refractivity contribution is -0.121. The lowest BCUT2D eigenvalue weighted by Gasteiger charge is -2.22. The van der Waals surface area contributed by atoms with Crippen molar-refractivity contribution in [3.05, 3.63) is 17.7 Å². The molecular weight excluding hydrogens is 320 g/mol. The van der Waals surface area contributed by atoms with Gasteiger partial charge in [-0.25, -0.2) is 0 Å². The summed E-state index contributed by atoms with van der Waals surface area (Å²) in [7, 11) is 4.76. The van der Waals surface area contributed by atoms with Gasteiger partial charge in [0.2, 0.25) is 11.7 Å². The van der Waals surface area contributed by atoms with Gasteiger partial charge in [-0.3, -0.25) is 4.79 Å². The van der Waals surface area contributed by atoms with Gasteiger partial charge in [0.1, 0.15) is 0 Å². The van der Waals surface area contributed by atoms with Crippen molar-refractivity contribution in [1.82, 2.24) is 10.6 Å². The minimum absolute atomic E-state index is 0.0810. The quantitative estimate of drug-likeness (QED) is 0.714. The average Bonchev–Trinajstić information content (AvgIpc) is 2.66. The van der Waals surface area contributed by atoms with Crippen LogP contribution in [-0.2, 0) is 11.2 Å². The third-order valence-corrected chi connectivity index (χ3v) is 4.64. The Morgan fingerprint density at radius 3 is 2.48 bits per heavy atom. The molecule has 0 radical (unpaired) electrons. The summed E-state index contributed by atoms with van der Waals surface area (Å²) in [6.45, 7) is 2.94. The van der Waals surface area contributed by atoms with Crippen LogP contribution in [-0.4, -0.2) is 46.9 Å². The number of carbonyl (C=O) groups is 1. The zero-order valence-electron chi connectivity index (χ0n) is 15.5. The van der Waals surface area contributed by atoms with Gasteiger partial charge in [0.05, 0.1) is 21.3 Å². The van der Waals surface area contributed by atoms with E-state index in [0.29, 0.717) is 36.0 Å². The van der Waals surface area contributed by atoms with E-state index in [2.05, 4.69) is 10.6 Å². The third kappa shape index (κ3) is 5.81. The summed E-state index contributed by atoms with van der Waals surface area (Å²) in [6.07, 6.45) is 4.62. The first-order chi connectivity index (χ1) is 12.2. The summed E-state index contributed by atoms with van der Waals surface area (Å²) in [6, 6.07) is 3.78. The molecule has 1 aliphatic rings. The van der Waals surface area contributed by atoms with Gasteiger partial charge in [-0.1, -0.05) is 0 Å². The van der Waals surface area contributed by atoms with Crippen molar-refractivity contribution in [2.75, 3.05) is 41.0 Å². The monoisotopic (exact) mass is 350 g/mol. The summed E-state index contributed by atoms with van der Waals surface area (Å²) < 4.78 is 16.0. The van der Waals surface area contributed by atoms with Crippen LogP contribution in [0.25, 0.3) is 0 Å². The van der Waals surface area contributed by atoms with Crippen LogP contribution in [0.3, 0.4) is 0 Å². The second-order valence-electron chi connectivity index (χ2n) is 6.38. The van der Waals surface area contributed by atoms with E-state index in [9.17, 15) is 4.79 Å². The summed E-state index contributed by atoms with van der Waals surface area (Å²) in [5.41, 5.74) is 0.987. The first-order valence-electron chi connectivity index (χ1n) is 8.94. The number of rotatable bonds is 9. The van der Waals surface area contributed by atoms with E-state index in [1.165, 1.54) is 12.8 Å². The molecule has 1 fully saturated rings. The van der Waals surface area contributed by atoms with Crippen molar-refractivity contribution in [3.63, 3.8) is 0 Å². The maximum Gasteiger partial charge on any atom is 0.220 e. The van der Waals surface area contributed by atoms with Crippen LogP contribution in [0.5, 0.6) is 17.2 Å². The van der Waals surface area contributed by atoms with Crippen LogP contribution in [0.4, 0.5) is 0 Å². The highest BCUT2D eigenvalue weighted by Crippen LogP contribution is 2.38. The third-order valence-electron chi connectivity index (χ3n) is 4.64. The largest absolute Gasteiger partial charge is 0.493 e. The fourth-order valence-corrected chi connectivity index (χ4v) is 3.21. The predicted octanol–water partition coefficient (Wildman–Crippen LogP) is 2.15. The number of methoxy groups -OCH3 is 3. The topological polar surface area (TPSA) is 68.8 Å². The number of nitrogens with one attached hydrogen (secondary N) is 2. The van der Waals surface area contributed by atoms with Gasteiger partial charge in [0.15, 0.2) is 11.5 Å². The molecule has 1 atom stereocenters. The molecule has 1 amide bonds. The summed E-state index contributed by atoms with van der Waals surface area (Å²) in [4.78, 5) is 12.1. The molecule has 1 unspecified atom stereocenters. The Bertz CT molecular complexity index is 531. The van der Waals surface area contributed by atoms with Crippen LogP contribution >= 0.6 is 0 Å². The molecule has 2 rings (SSSR count). The molecule has 1 aromatic rings. The lowest BCUT2D eigenvalue weighted by atomic mass is 9.96. The second kappa shape index (κ2) is 10.1. The van der Waals surface area contributed by atoms with Crippen LogP contribution < -0.4 is 24.8 Å². The van der Waals surface area contributed by atoms with Crippen LogP contribution in [0, 0.1) is 5.92 Å². The highest BCUT2D eigenvalue weighted by atomic mass is 16.5. The number of benzene rings is 1. The standard InChI is InChI=1S/C19H30N2O4/c1-23-16-11-15(12-17(24-2)19(16)25-3)6-7-18(22)21-10-8-14-5-4-9-20-13-14/h11-12,14,20H,4-10,13H2,1-3H3,(H,21,22). The molecule has 1 heterocycles. The summed E-state index contributed by atoms with van der Waals surface area (Å²) in [5.74, 6) is 2.56. The fraction of sp³-hybridized carbons (Fsp3) is 0.632. The van der Waals surface area contributed by atoms with E-state index in [0.717, 1.165) is 31.6 Å². The lowest BCUT2D eigenvalue weighted by Crippen LogP contribution is -2.33. The van der Waals surface area contributed by atoms with E-state index in [-0.39, 0.29) is 5.91 Å². The van der Waals surface area contributed by atoms with Gasteiger partial charge in [0.25, 0.3) is 0 Å². The maximum atomic E-state index is 12.1. The normalized spacial score (nSPS) is 17.0.